The van der Waals surface area contributed by atoms with Crippen LogP contribution in [-0.2, 0) is 7.05 Å². The van der Waals surface area contributed by atoms with Gasteiger partial charge in [-0.05, 0) is 36.4 Å². The molecular formula is C17H15BrN2O3S. The molecule has 2 aromatic carbocycles. The van der Waals surface area contributed by atoms with Gasteiger partial charge in [-0.25, -0.2) is 0 Å². The molecule has 0 N–H and O–H groups in total. The molecule has 0 fully saturated rings. The fourth-order valence-electron chi connectivity index (χ4n) is 2.34. The maximum atomic E-state index is 12.6. The topological polar surface area (TPSA) is 52.8 Å². The highest BCUT2D eigenvalue weighted by Crippen LogP contribution is 2.25. The van der Waals surface area contributed by atoms with Crippen LogP contribution < -0.4 is 14.3 Å². The number of ether oxygens (including phenoxy) is 2. The van der Waals surface area contributed by atoms with Crippen molar-refractivity contribution in [1.82, 2.24) is 4.57 Å². The predicted molar refractivity (Wildman–Crippen MR) is 97.9 cm³/mol. The van der Waals surface area contributed by atoms with Crippen LogP contribution in [0.3, 0.4) is 0 Å². The smallest absolute Gasteiger partial charge is 0.283 e. The van der Waals surface area contributed by atoms with Crippen LogP contribution in [0.5, 0.6) is 11.5 Å². The zero-order valence-electron chi connectivity index (χ0n) is 13.4. The van der Waals surface area contributed by atoms with Gasteiger partial charge in [0.05, 0.1) is 30.0 Å². The second-order valence-corrected chi connectivity index (χ2v) is 6.96. The molecule has 0 aliphatic carbocycles. The average Bonchev–Trinajstić information content (AvgIpc) is 2.89. The zero-order chi connectivity index (χ0) is 17.3. The summed E-state index contributed by atoms with van der Waals surface area (Å²) < 4.78 is 14.4. The van der Waals surface area contributed by atoms with E-state index in [9.17, 15) is 4.79 Å². The molecule has 0 saturated carbocycles. The van der Waals surface area contributed by atoms with E-state index < -0.39 is 0 Å². The fraction of sp³-hybridized carbons (Fsp3) is 0.176. The minimum Gasteiger partial charge on any atom is -0.497 e. The van der Waals surface area contributed by atoms with Crippen molar-refractivity contribution in [3.63, 3.8) is 0 Å². The first-order valence-electron chi connectivity index (χ1n) is 7.09. The number of carbonyl (C=O) groups is 1. The second kappa shape index (κ2) is 6.78. The molecule has 0 saturated heterocycles. The number of carbonyl (C=O) groups excluding carboxylic acids is 1. The Morgan fingerprint density at radius 1 is 1.17 bits per heavy atom. The highest BCUT2D eigenvalue weighted by Gasteiger charge is 2.14. The van der Waals surface area contributed by atoms with Crippen molar-refractivity contribution in [2.45, 2.75) is 0 Å². The van der Waals surface area contributed by atoms with Gasteiger partial charge in [0.15, 0.2) is 4.80 Å². The molecule has 0 bridgehead atoms. The van der Waals surface area contributed by atoms with Crippen molar-refractivity contribution in [3.05, 3.63) is 51.2 Å². The number of hydrogen-bond donors (Lipinski definition) is 0. The standard InChI is InChI=1S/C17H15BrN2O3S/c1-20-13-6-4-10(18)8-15(13)24-17(20)19-16(21)12-9-11(22-2)5-7-14(12)23-3/h4-9H,1-3H3. The largest absolute Gasteiger partial charge is 0.497 e. The highest BCUT2D eigenvalue weighted by atomic mass is 79.9. The van der Waals surface area contributed by atoms with Crippen LogP contribution >= 0.6 is 27.3 Å². The molecular weight excluding hydrogens is 392 g/mol. The summed E-state index contributed by atoms with van der Waals surface area (Å²) in [4.78, 5) is 17.5. The highest BCUT2D eigenvalue weighted by molar-refractivity contribution is 9.10. The number of aromatic nitrogens is 1. The lowest BCUT2D eigenvalue weighted by Gasteiger charge is -2.07. The van der Waals surface area contributed by atoms with Crippen molar-refractivity contribution in [2.24, 2.45) is 12.0 Å². The van der Waals surface area contributed by atoms with Gasteiger partial charge in [0.25, 0.3) is 5.91 Å². The molecule has 1 heterocycles. The number of fused-ring (bicyclic) bond motifs is 1. The van der Waals surface area contributed by atoms with Gasteiger partial charge in [-0.15, -0.1) is 0 Å². The molecule has 1 amide bonds. The third-order valence-corrected chi connectivity index (χ3v) is 5.19. The number of halogens is 1. The van der Waals surface area contributed by atoms with E-state index in [1.165, 1.54) is 18.4 Å². The van der Waals surface area contributed by atoms with Crippen LogP contribution in [0.2, 0.25) is 0 Å². The predicted octanol–water partition coefficient (Wildman–Crippen LogP) is 3.76. The number of benzene rings is 2. The first-order chi connectivity index (χ1) is 11.5. The van der Waals surface area contributed by atoms with Gasteiger partial charge >= 0.3 is 0 Å². The van der Waals surface area contributed by atoms with Crippen LogP contribution in [0.15, 0.2) is 45.9 Å². The number of hydrogen-bond acceptors (Lipinski definition) is 4. The van der Waals surface area contributed by atoms with Gasteiger partial charge in [-0.3, -0.25) is 4.79 Å². The summed E-state index contributed by atoms with van der Waals surface area (Å²) in [5.74, 6) is 0.682. The van der Waals surface area contributed by atoms with Gasteiger partial charge < -0.3 is 14.0 Å². The van der Waals surface area contributed by atoms with Crippen molar-refractivity contribution in [1.29, 1.82) is 0 Å². The molecule has 0 aliphatic heterocycles. The normalized spacial score (nSPS) is 11.8. The van der Waals surface area contributed by atoms with Gasteiger partial charge in [0, 0.05) is 11.5 Å². The van der Waals surface area contributed by atoms with Crippen molar-refractivity contribution in [3.8, 4) is 11.5 Å². The summed E-state index contributed by atoms with van der Waals surface area (Å²) in [6, 6.07) is 11.0. The second-order valence-electron chi connectivity index (χ2n) is 5.04. The molecule has 7 heteroatoms. The Morgan fingerprint density at radius 3 is 2.67 bits per heavy atom. The minimum atomic E-state index is -0.369. The summed E-state index contributed by atoms with van der Waals surface area (Å²) in [5.41, 5.74) is 1.39. The molecule has 3 rings (SSSR count). The molecule has 0 spiro atoms. The lowest BCUT2D eigenvalue weighted by Crippen LogP contribution is -2.13. The Hall–Kier alpha value is -2.12. The third kappa shape index (κ3) is 3.09. The van der Waals surface area contributed by atoms with Crippen LogP contribution in [0, 0.1) is 0 Å². The quantitative estimate of drug-likeness (QED) is 0.665. The molecule has 1 aromatic heterocycles. The first kappa shape index (κ1) is 16.7. The van der Waals surface area contributed by atoms with Crippen molar-refractivity contribution >= 4 is 43.4 Å². The number of amides is 1. The molecule has 0 radical (unpaired) electrons. The van der Waals surface area contributed by atoms with Crippen LogP contribution in [0.25, 0.3) is 10.2 Å². The maximum Gasteiger partial charge on any atom is 0.283 e. The minimum absolute atomic E-state index is 0.369. The Bertz CT molecular complexity index is 991. The van der Waals surface area contributed by atoms with E-state index in [1.54, 1.807) is 25.3 Å². The third-order valence-electron chi connectivity index (χ3n) is 3.61. The fourth-order valence-corrected chi connectivity index (χ4v) is 3.91. The molecule has 0 aliphatic rings. The monoisotopic (exact) mass is 406 g/mol. The van der Waals surface area contributed by atoms with Gasteiger partial charge in [0.1, 0.15) is 11.5 Å². The van der Waals surface area contributed by atoms with E-state index in [-0.39, 0.29) is 5.91 Å². The van der Waals surface area contributed by atoms with Crippen LogP contribution in [0.4, 0.5) is 0 Å². The van der Waals surface area contributed by atoms with Crippen molar-refractivity contribution in [2.75, 3.05) is 14.2 Å². The molecule has 0 unspecified atom stereocenters. The summed E-state index contributed by atoms with van der Waals surface area (Å²) in [6.07, 6.45) is 0. The molecule has 0 atom stereocenters. The van der Waals surface area contributed by atoms with Crippen molar-refractivity contribution < 1.29 is 14.3 Å². The average molecular weight is 407 g/mol. The summed E-state index contributed by atoms with van der Waals surface area (Å²) >= 11 is 4.92. The Labute approximate surface area is 151 Å². The summed E-state index contributed by atoms with van der Waals surface area (Å²) in [6.45, 7) is 0. The van der Waals surface area contributed by atoms with Gasteiger partial charge in [-0.2, -0.15) is 4.99 Å². The Kier molecular flexibility index (Phi) is 4.73. The zero-order valence-corrected chi connectivity index (χ0v) is 15.8. The SMILES string of the molecule is COc1ccc(OC)c(C(=O)N=c2sc3cc(Br)ccc3n2C)c1. The summed E-state index contributed by atoms with van der Waals surface area (Å²) in [7, 11) is 4.97. The number of nitrogens with zero attached hydrogens (tertiary/aromatic N) is 2. The van der Waals surface area contributed by atoms with E-state index in [1.807, 2.05) is 29.8 Å². The maximum absolute atomic E-state index is 12.6. The number of thiazole rings is 1. The lowest BCUT2D eigenvalue weighted by atomic mass is 10.2. The van der Waals surface area contributed by atoms with E-state index in [0.717, 1.165) is 14.7 Å². The summed E-state index contributed by atoms with van der Waals surface area (Å²) in [5, 5.41) is 0. The Morgan fingerprint density at radius 2 is 1.96 bits per heavy atom. The van der Waals surface area contributed by atoms with Gasteiger partial charge in [0.2, 0.25) is 0 Å². The molecule has 3 aromatic rings. The molecule has 124 valence electrons. The van der Waals surface area contributed by atoms with E-state index in [2.05, 4.69) is 20.9 Å². The molecule has 24 heavy (non-hydrogen) atoms. The van der Waals surface area contributed by atoms with E-state index in [0.29, 0.717) is 21.9 Å². The van der Waals surface area contributed by atoms with E-state index >= 15 is 0 Å². The van der Waals surface area contributed by atoms with Crippen LogP contribution in [0.1, 0.15) is 10.4 Å². The van der Waals surface area contributed by atoms with Crippen LogP contribution in [-0.4, -0.2) is 24.7 Å². The number of methoxy groups -OCH3 is 2. The Balaban J connectivity index is 2.12. The van der Waals surface area contributed by atoms with Gasteiger partial charge in [-0.1, -0.05) is 27.3 Å². The number of aryl methyl sites for hydroxylation is 1. The first-order valence-corrected chi connectivity index (χ1v) is 8.70. The lowest BCUT2D eigenvalue weighted by molar-refractivity contribution is 0.0994. The number of rotatable bonds is 3. The molecule has 5 nitrogen and oxygen atoms in total. The van der Waals surface area contributed by atoms with E-state index in [4.69, 9.17) is 9.47 Å².